The fourth-order valence-electron chi connectivity index (χ4n) is 0.759. The van der Waals surface area contributed by atoms with Crippen LogP contribution < -0.4 is 0 Å². The third kappa shape index (κ3) is 2.35. The summed E-state index contributed by atoms with van der Waals surface area (Å²) < 4.78 is 37.1. The van der Waals surface area contributed by atoms with Crippen molar-refractivity contribution in [2.45, 2.75) is 6.43 Å². The molecule has 0 aliphatic heterocycles. The van der Waals surface area contributed by atoms with Gasteiger partial charge in [-0.05, 0) is 34.2 Å². The van der Waals surface area contributed by atoms with Crippen LogP contribution in [0.4, 0.5) is 13.2 Å². The van der Waals surface area contributed by atoms with Crippen molar-refractivity contribution in [1.29, 1.82) is 0 Å². The molecule has 0 aromatic carbocycles. The number of carbonyl (C=O) groups is 1. The fraction of sp³-hybridized carbons (Fsp3) is 0.143. The maximum atomic E-state index is 13.0. The van der Waals surface area contributed by atoms with Crippen molar-refractivity contribution in [3.8, 4) is 0 Å². The summed E-state index contributed by atoms with van der Waals surface area (Å²) in [4.78, 5) is 13.9. The van der Waals surface area contributed by atoms with Gasteiger partial charge < -0.3 is 0 Å². The molecule has 0 fully saturated rings. The van der Waals surface area contributed by atoms with Gasteiger partial charge in [0.05, 0.1) is 3.57 Å². The smallest absolute Gasteiger partial charge is 0.274 e. The van der Waals surface area contributed by atoms with Crippen molar-refractivity contribution in [3.05, 3.63) is 26.8 Å². The lowest BCUT2D eigenvalue weighted by molar-refractivity contribution is 0.107. The summed E-state index contributed by atoms with van der Waals surface area (Å²) in [5.41, 5.74) is -1.28. The lowest BCUT2D eigenvalue weighted by atomic mass is 10.3. The summed E-state index contributed by atoms with van der Waals surface area (Å²) in [6, 6.07) is 0.579. The molecule has 0 aliphatic carbocycles. The lowest BCUT2D eigenvalue weighted by Crippen LogP contribution is -2.05. The third-order valence-electron chi connectivity index (χ3n) is 1.34. The maximum Gasteiger partial charge on any atom is 0.280 e. The fourth-order valence-corrected chi connectivity index (χ4v) is 1.58. The number of carbonyl (C=O) groups excluding carboxylic acids is 1. The Morgan fingerprint density at radius 2 is 2.14 bits per heavy atom. The predicted molar refractivity (Wildman–Crippen MR) is 52.1 cm³/mol. The molecule has 0 saturated heterocycles. The van der Waals surface area contributed by atoms with Gasteiger partial charge in [0.25, 0.3) is 11.7 Å². The summed E-state index contributed by atoms with van der Waals surface area (Å²) >= 11 is 6.51. The van der Waals surface area contributed by atoms with Crippen molar-refractivity contribution in [2.24, 2.45) is 0 Å². The van der Waals surface area contributed by atoms with Crippen LogP contribution in [-0.4, -0.2) is 10.2 Å². The average molecular weight is 335 g/mol. The monoisotopic (exact) mass is 335 g/mol. The molecule has 1 rings (SSSR count). The highest BCUT2D eigenvalue weighted by atomic mass is 127. The number of hydrogen-bond donors (Lipinski definition) is 0. The Morgan fingerprint density at radius 1 is 1.57 bits per heavy atom. The second-order valence-electron chi connectivity index (χ2n) is 2.27. The number of alkyl halides is 2. The Morgan fingerprint density at radius 3 is 2.57 bits per heavy atom. The molecule has 0 radical (unpaired) electrons. The van der Waals surface area contributed by atoms with E-state index in [1.807, 2.05) is 0 Å². The van der Waals surface area contributed by atoms with Gasteiger partial charge >= 0.3 is 0 Å². The van der Waals surface area contributed by atoms with Crippen LogP contribution in [0.15, 0.2) is 6.07 Å². The molecule has 0 spiro atoms. The Labute approximate surface area is 95.6 Å². The summed E-state index contributed by atoms with van der Waals surface area (Å²) in [5.74, 6) is -0.931. The van der Waals surface area contributed by atoms with Crippen molar-refractivity contribution in [2.75, 3.05) is 0 Å². The predicted octanol–water partition coefficient (Wildman–Crippen LogP) is 3.14. The Kier molecular flexibility index (Phi) is 3.71. The van der Waals surface area contributed by atoms with Crippen molar-refractivity contribution < 1.29 is 18.0 Å². The van der Waals surface area contributed by atoms with E-state index in [0.717, 1.165) is 0 Å². The van der Waals surface area contributed by atoms with Gasteiger partial charge in [-0.1, -0.05) is 0 Å². The molecule has 0 atom stereocenters. The van der Waals surface area contributed by atoms with Crippen LogP contribution in [0.3, 0.4) is 0 Å². The molecule has 1 heterocycles. The zero-order chi connectivity index (χ0) is 10.9. The van der Waals surface area contributed by atoms with Crippen LogP contribution in [0.5, 0.6) is 0 Å². The highest BCUT2D eigenvalue weighted by Gasteiger charge is 2.19. The van der Waals surface area contributed by atoms with E-state index < -0.39 is 28.9 Å². The number of pyridine rings is 1. The molecular formula is C7H2ClF3INO. The minimum atomic E-state index is -2.93. The first-order valence-electron chi connectivity index (χ1n) is 3.27. The topological polar surface area (TPSA) is 30.0 Å². The van der Waals surface area contributed by atoms with Gasteiger partial charge in [0.15, 0.2) is 0 Å². The summed E-state index contributed by atoms with van der Waals surface area (Å²) in [6.45, 7) is 0. The molecule has 0 N–H and O–H groups in total. The van der Waals surface area contributed by atoms with Gasteiger partial charge in [-0.25, -0.2) is 18.2 Å². The molecule has 2 nitrogen and oxygen atoms in total. The Balaban J connectivity index is 3.35. The van der Waals surface area contributed by atoms with Gasteiger partial charge in [0, 0.05) is 6.07 Å². The largest absolute Gasteiger partial charge is 0.280 e. The first-order chi connectivity index (χ1) is 6.43. The van der Waals surface area contributed by atoms with Crippen LogP contribution in [0.2, 0.25) is 0 Å². The molecule has 1 aromatic rings. The van der Waals surface area contributed by atoms with E-state index in [1.165, 1.54) is 22.6 Å². The van der Waals surface area contributed by atoms with E-state index in [0.29, 0.717) is 6.07 Å². The Hall–Kier alpha value is -0.370. The second-order valence-corrected chi connectivity index (χ2v) is 3.69. The molecule has 0 saturated carbocycles. The van der Waals surface area contributed by atoms with Crippen LogP contribution >= 0.6 is 34.2 Å². The number of rotatable bonds is 2. The second kappa shape index (κ2) is 4.43. The van der Waals surface area contributed by atoms with Gasteiger partial charge in [0.2, 0.25) is 0 Å². The van der Waals surface area contributed by atoms with E-state index >= 15 is 0 Å². The van der Waals surface area contributed by atoms with Crippen LogP contribution in [0, 0.1) is 9.39 Å². The van der Waals surface area contributed by atoms with Crippen molar-refractivity contribution >= 4 is 39.4 Å². The SMILES string of the molecule is O=C(Cl)c1nc(C(F)F)cc(F)c1I. The summed E-state index contributed by atoms with van der Waals surface area (Å²) in [6.07, 6.45) is -2.93. The average Bonchev–Trinajstić information content (AvgIpc) is 2.08. The number of nitrogens with zero attached hydrogens (tertiary/aromatic N) is 1. The first kappa shape index (κ1) is 11.7. The van der Waals surface area contributed by atoms with Crippen molar-refractivity contribution in [1.82, 2.24) is 4.98 Å². The van der Waals surface area contributed by atoms with Crippen LogP contribution in [-0.2, 0) is 0 Å². The highest BCUT2D eigenvalue weighted by Crippen LogP contribution is 2.23. The molecule has 0 amide bonds. The molecule has 0 bridgehead atoms. The molecule has 7 heteroatoms. The van der Waals surface area contributed by atoms with Gasteiger partial charge in [-0.15, -0.1) is 0 Å². The van der Waals surface area contributed by atoms with E-state index in [2.05, 4.69) is 4.98 Å². The number of aromatic nitrogens is 1. The quantitative estimate of drug-likeness (QED) is 0.614. The van der Waals surface area contributed by atoms with E-state index in [4.69, 9.17) is 11.6 Å². The molecule has 0 aliphatic rings. The van der Waals surface area contributed by atoms with E-state index in [-0.39, 0.29) is 3.57 Å². The zero-order valence-electron chi connectivity index (χ0n) is 6.40. The standard InChI is InChI=1S/C7H2ClF3INO/c8-6(14)5-4(12)2(9)1-3(13-5)7(10)11/h1,7H. The third-order valence-corrected chi connectivity index (χ3v) is 2.55. The normalized spacial score (nSPS) is 10.7. The summed E-state index contributed by atoms with van der Waals surface area (Å²) in [7, 11) is 0. The van der Waals surface area contributed by atoms with E-state index in [1.54, 1.807) is 0 Å². The molecular weight excluding hydrogens is 333 g/mol. The van der Waals surface area contributed by atoms with Gasteiger partial charge in [0.1, 0.15) is 17.2 Å². The minimum absolute atomic E-state index is 0.160. The zero-order valence-corrected chi connectivity index (χ0v) is 9.31. The maximum absolute atomic E-state index is 13.0. The van der Waals surface area contributed by atoms with Crippen LogP contribution in [0.25, 0.3) is 0 Å². The van der Waals surface area contributed by atoms with Crippen LogP contribution in [0.1, 0.15) is 22.6 Å². The van der Waals surface area contributed by atoms with E-state index in [9.17, 15) is 18.0 Å². The van der Waals surface area contributed by atoms with Gasteiger partial charge in [-0.3, -0.25) is 4.79 Å². The number of hydrogen-bond acceptors (Lipinski definition) is 2. The van der Waals surface area contributed by atoms with Crippen molar-refractivity contribution in [3.63, 3.8) is 0 Å². The molecule has 1 aromatic heterocycles. The molecule has 76 valence electrons. The lowest BCUT2D eigenvalue weighted by Gasteiger charge is -2.03. The molecule has 0 unspecified atom stereocenters. The Bertz CT molecular complexity index is 385. The highest BCUT2D eigenvalue weighted by molar-refractivity contribution is 14.1. The van der Waals surface area contributed by atoms with Gasteiger partial charge in [-0.2, -0.15) is 0 Å². The summed E-state index contributed by atoms with van der Waals surface area (Å²) in [5, 5.41) is -1.06. The number of halogens is 5. The first-order valence-corrected chi connectivity index (χ1v) is 4.73. The molecule has 14 heavy (non-hydrogen) atoms. The minimum Gasteiger partial charge on any atom is -0.274 e.